The molecule has 0 aromatic carbocycles. The van der Waals surface area contributed by atoms with Crippen molar-refractivity contribution in [1.29, 1.82) is 0 Å². The molecule has 6 amide bonds. The van der Waals surface area contributed by atoms with Crippen LogP contribution in [0.15, 0.2) is 0 Å². The Balaban J connectivity index is 5.45. The first-order chi connectivity index (χ1) is 18.5. The van der Waals surface area contributed by atoms with Crippen molar-refractivity contribution in [3.05, 3.63) is 0 Å². The van der Waals surface area contributed by atoms with Crippen molar-refractivity contribution < 1.29 is 38.7 Å². The first-order valence-corrected chi connectivity index (χ1v) is 13.3. The van der Waals surface area contributed by atoms with Gasteiger partial charge < -0.3 is 41.4 Å². The molecule has 228 valence electrons. The minimum Gasteiger partial charge on any atom is -0.394 e. The smallest absolute Gasteiger partial charge is 0.245 e. The lowest BCUT2D eigenvalue weighted by Gasteiger charge is -2.28. The molecule has 0 aliphatic heterocycles. The maximum atomic E-state index is 13.2. The molecule has 0 spiro atoms. The molecule has 0 rings (SSSR count). The Bertz CT molecular complexity index is 908. The highest BCUT2D eigenvalue weighted by atomic mass is 16.3. The number of aliphatic hydroxyl groups is 1. The predicted molar refractivity (Wildman–Crippen MR) is 146 cm³/mol. The number of carbonyl (C=O) groups excluding carboxylic acids is 7. The summed E-state index contributed by atoms with van der Waals surface area (Å²) in [4.78, 5) is 87.2. The van der Waals surface area contributed by atoms with E-state index < -0.39 is 72.3 Å². The number of carbonyl (C=O) groups is 7. The highest BCUT2D eigenvalue weighted by molar-refractivity contribution is 5.95. The quantitative estimate of drug-likeness (QED) is 0.110. The van der Waals surface area contributed by atoms with E-state index in [1.165, 1.54) is 18.7 Å². The van der Waals surface area contributed by atoms with Crippen LogP contribution in [-0.2, 0) is 33.6 Å². The lowest BCUT2D eigenvalue weighted by Crippen LogP contribution is -2.59. The highest BCUT2D eigenvalue weighted by Crippen LogP contribution is 2.09. The second kappa shape index (κ2) is 17.9. The molecule has 0 aromatic rings. The number of nitrogens with one attached hydrogen (secondary N) is 5. The molecule has 0 fully saturated rings. The summed E-state index contributed by atoms with van der Waals surface area (Å²) in [6.07, 6.45) is 0.936. The van der Waals surface area contributed by atoms with Gasteiger partial charge in [-0.1, -0.05) is 27.7 Å². The second-order valence-electron chi connectivity index (χ2n) is 10.7. The fourth-order valence-corrected chi connectivity index (χ4v) is 3.56. The van der Waals surface area contributed by atoms with Crippen LogP contribution in [0.4, 0.5) is 0 Å². The van der Waals surface area contributed by atoms with Gasteiger partial charge in [-0.05, 0) is 31.6 Å². The minimum absolute atomic E-state index is 0.00791. The first-order valence-electron chi connectivity index (χ1n) is 13.3. The molecule has 0 heterocycles. The van der Waals surface area contributed by atoms with Gasteiger partial charge in [0, 0.05) is 27.4 Å². The lowest BCUT2D eigenvalue weighted by molar-refractivity contribution is -0.135. The van der Waals surface area contributed by atoms with Gasteiger partial charge in [0.25, 0.3) is 0 Å². The van der Waals surface area contributed by atoms with E-state index in [-0.39, 0.29) is 31.1 Å². The summed E-state index contributed by atoms with van der Waals surface area (Å²) in [5.74, 6) is -3.86. The maximum absolute atomic E-state index is 13.2. The number of nitrogens with zero attached hydrogens (tertiary/aromatic N) is 1. The summed E-state index contributed by atoms with van der Waals surface area (Å²) in [5.41, 5.74) is 0. The van der Waals surface area contributed by atoms with Crippen molar-refractivity contribution in [3.8, 4) is 0 Å². The Kier molecular flexibility index (Phi) is 16.3. The normalized spacial score (nSPS) is 14.7. The molecule has 40 heavy (non-hydrogen) atoms. The van der Waals surface area contributed by atoms with Crippen LogP contribution >= 0.6 is 0 Å². The van der Waals surface area contributed by atoms with Crippen LogP contribution in [0.1, 0.15) is 60.8 Å². The molecule has 0 aliphatic carbocycles. The number of hydrogen-bond donors (Lipinski definition) is 6. The van der Waals surface area contributed by atoms with E-state index >= 15 is 0 Å². The molecular weight excluding hydrogens is 524 g/mol. The Labute approximate surface area is 235 Å². The molecular formula is C26H46N6O8. The summed E-state index contributed by atoms with van der Waals surface area (Å²) < 4.78 is 0. The van der Waals surface area contributed by atoms with Crippen LogP contribution in [0.2, 0.25) is 0 Å². The van der Waals surface area contributed by atoms with Crippen LogP contribution in [0.3, 0.4) is 0 Å². The van der Waals surface area contributed by atoms with Crippen LogP contribution in [-0.4, -0.2) is 103 Å². The molecule has 6 N–H and O–H groups in total. The third-order valence-corrected chi connectivity index (χ3v) is 5.88. The van der Waals surface area contributed by atoms with Gasteiger partial charge in [-0.15, -0.1) is 0 Å². The zero-order valence-electron chi connectivity index (χ0n) is 24.7. The Morgan fingerprint density at radius 2 is 1.35 bits per heavy atom. The number of aldehydes is 1. The standard InChI is InChI=1S/C26H46N6O8/c1-14(2)11-19(24(38)29-18(12-33)9-10-21(36)32(7)8)30-26(40)22(15(3)4)31-23(37)16(5)27-25(39)20(13-34)28-17(6)35/h12,14-16,18-20,22,34H,9-11,13H2,1-8H3,(H,27,39)(H,28,35)(H,29,38)(H,30,40)(H,31,37)/t16-,18-,19-,20-,22-/m0/s1. The average molecular weight is 571 g/mol. The third kappa shape index (κ3) is 13.5. The molecule has 0 saturated heterocycles. The van der Waals surface area contributed by atoms with Gasteiger partial charge in [0.05, 0.1) is 12.6 Å². The fraction of sp³-hybridized carbons (Fsp3) is 0.731. The molecule has 0 saturated carbocycles. The monoisotopic (exact) mass is 570 g/mol. The molecule has 0 aromatic heterocycles. The summed E-state index contributed by atoms with van der Waals surface area (Å²) >= 11 is 0. The summed E-state index contributed by atoms with van der Waals surface area (Å²) in [6.45, 7) is 8.96. The lowest BCUT2D eigenvalue weighted by atomic mass is 9.99. The topological polar surface area (TPSA) is 203 Å². The van der Waals surface area contributed by atoms with Gasteiger partial charge in [0.2, 0.25) is 35.4 Å². The molecule has 0 unspecified atom stereocenters. The van der Waals surface area contributed by atoms with Crippen molar-refractivity contribution in [2.45, 2.75) is 91.0 Å². The van der Waals surface area contributed by atoms with Crippen molar-refractivity contribution in [2.75, 3.05) is 20.7 Å². The summed E-state index contributed by atoms with van der Waals surface area (Å²) in [7, 11) is 3.17. The second-order valence-corrected chi connectivity index (χ2v) is 10.7. The summed E-state index contributed by atoms with van der Waals surface area (Å²) in [5, 5.41) is 21.8. The SMILES string of the molecule is CC(=O)N[C@@H](CO)C(=O)N[C@@H](C)C(=O)N[C@H](C(=O)N[C@@H](CC(C)C)C(=O)N[C@H](C=O)CCC(=O)N(C)C)C(C)C. The van der Waals surface area contributed by atoms with Crippen LogP contribution in [0, 0.1) is 11.8 Å². The van der Waals surface area contributed by atoms with E-state index in [0.29, 0.717) is 6.29 Å². The molecule has 0 aliphatic rings. The van der Waals surface area contributed by atoms with Crippen LogP contribution in [0.5, 0.6) is 0 Å². The Hall–Kier alpha value is -3.55. The molecule has 14 heteroatoms. The number of hydrogen-bond acceptors (Lipinski definition) is 8. The van der Waals surface area contributed by atoms with Crippen molar-refractivity contribution in [1.82, 2.24) is 31.5 Å². The van der Waals surface area contributed by atoms with Gasteiger partial charge in [0.15, 0.2) is 0 Å². The molecule has 0 radical (unpaired) electrons. The van der Waals surface area contributed by atoms with Gasteiger partial charge in [-0.3, -0.25) is 28.8 Å². The molecule has 0 bridgehead atoms. The zero-order chi connectivity index (χ0) is 31.2. The highest BCUT2D eigenvalue weighted by Gasteiger charge is 2.32. The third-order valence-electron chi connectivity index (χ3n) is 5.88. The Morgan fingerprint density at radius 1 is 0.775 bits per heavy atom. The van der Waals surface area contributed by atoms with Gasteiger partial charge in [-0.2, -0.15) is 0 Å². The van der Waals surface area contributed by atoms with E-state index in [1.807, 2.05) is 13.8 Å². The number of aliphatic hydroxyl groups excluding tert-OH is 1. The van der Waals surface area contributed by atoms with E-state index in [4.69, 9.17) is 0 Å². The minimum atomic E-state index is -1.25. The van der Waals surface area contributed by atoms with E-state index in [0.717, 1.165) is 0 Å². The average Bonchev–Trinajstić information content (AvgIpc) is 2.86. The zero-order valence-corrected chi connectivity index (χ0v) is 24.7. The van der Waals surface area contributed by atoms with Crippen molar-refractivity contribution >= 4 is 41.7 Å². The summed E-state index contributed by atoms with van der Waals surface area (Å²) in [6, 6.07) is -5.37. The molecule has 5 atom stereocenters. The van der Waals surface area contributed by atoms with E-state index in [1.54, 1.807) is 27.9 Å². The van der Waals surface area contributed by atoms with Gasteiger partial charge >= 0.3 is 0 Å². The maximum Gasteiger partial charge on any atom is 0.245 e. The van der Waals surface area contributed by atoms with Crippen LogP contribution < -0.4 is 26.6 Å². The first kappa shape index (κ1) is 36.5. The fourth-order valence-electron chi connectivity index (χ4n) is 3.56. The number of amides is 6. The van der Waals surface area contributed by atoms with E-state index in [9.17, 15) is 38.7 Å². The van der Waals surface area contributed by atoms with E-state index in [2.05, 4.69) is 26.6 Å². The van der Waals surface area contributed by atoms with Crippen molar-refractivity contribution in [3.63, 3.8) is 0 Å². The number of rotatable bonds is 17. The van der Waals surface area contributed by atoms with Gasteiger partial charge in [-0.25, -0.2) is 0 Å². The largest absolute Gasteiger partial charge is 0.394 e. The molecule has 14 nitrogen and oxygen atoms in total. The Morgan fingerprint density at radius 3 is 1.80 bits per heavy atom. The van der Waals surface area contributed by atoms with Crippen molar-refractivity contribution in [2.24, 2.45) is 11.8 Å². The van der Waals surface area contributed by atoms with Crippen LogP contribution in [0.25, 0.3) is 0 Å². The van der Waals surface area contributed by atoms with Gasteiger partial charge in [0.1, 0.15) is 30.5 Å². The predicted octanol–water partition coefficient (Wildman–Crippen LogP) is -1.79.